The molecule has 0 unspecified atom stereocenters. The lowest BCUT2D eigenvalue weighted by Gasteiger charge is -2.20. The standard InChI is InChI=1S/C15H12Cl2N2O/c1-15(2)10-4-3-7-18-13(10)19(14(15)20)9-5-6-11(16)12(17)8-9/h3-8H,1-2H3. The van der Waals surface area contributed by atoms with Gasteiger partial charge >= 0.3 is 0 Å². The summed E-state index contributed by atoms with van der Waals surface area (Å²) in [5, 5.41) is 0.877. The molecule has 1 amide bonds. The number of benzene rings is 1. The Labute approximate surface area is 127 Å². The van der Waals surface area contributed by atoms with E-state index in [1.54, 1.807) is 29.3 Å². The smallest absolute Gasteiger partial charge is 0.242 e. The molecule has 0 atom stereocenters. The highest BCUT2D eigenvalue weighted by atomic mass is 35.5. The Kier molecular flexibility index (Phi) is 3.00. The largest absolute Gasteiger partial charge is 0.273 e. The Hall–Kier alpha value is -1.58. The van der Waals surface area contributed by atoms with Crippen molar-refractivity contribution < 1.29 is 4.79 Å². The number of pyridine rings is 1. The van der Waals surface area contributed by atoms with E-state index in [2.05, 4.69) is 4.98 Å². The second kappa shape index (κ2) is 4.47. The second-order valence-corrected chi connectivity index (χ2v) is 6.05. The number of rotatable bonds is 1. The Bertz CT molecular complexity index is 713. The van der Waals surface area contributed by atoms with Crippen LogP contribution in [0.5, 0.6) is 0 Å². The van der Waals surface area contributed by atoms with Crippen LogP contribution < -0.4 is 4.90 Å². The molecule has 0 radical (unpaired) electrons. The van der Waals surface area contributed by atoms with Gasteiger partial charge in [0.15, 0.2) is 0 Å². The van der Waals surface area contributed by atoms with E-state index in [4.69, 9.17) is 23.2 Å². The van der Waals surface area contributed by atoms with Gasteiger partial charge in [-0.15, -0.1) is 0 Å². The van der Waals surface area contributed by atoms with Gasteiger partial charge in [-0.2, -0.15) is 0 Å². The van der Waals surface area contributed by atoms with E-state index in [1.807, 2.05) is 26.0 Å². The average Bonchev–Trinajstić information content (AvgIpc) is 2.62. The minimum atomic E-state index is -0.601. The normalized spacial score (nSPS) is 16.4. The number of carbonyl (C=O) groups excluding carboxylic acids is 1. The van der Waals surface area contributed by atoms with Crippen molar-refractivity contribution in [3.05, 3.63) is 52.1 Å². The summed E-state index contributed by atoms with van der Waals surface area (Å²) >= 11 is 12.0. The van der Waals surface area contributed by atoms with E-state index >= 15 is 0 Å². The summed E-state index contributed by atoms with van der Waals surface area (Å²) in [6, 6.07) is 8.90. The van der Waals surface area contributed by atoms with Gasteiger partial charge in [0.1, 0.15) is 5.82 Å². The first-order chi connectivity index (χ1) is 9.43. The van der Waals surface area contributed by atoms with Crippen LogP contribution in [-0.4, -0.2) is 10.9 Å². The van der Waals surface area contributed by atoms with Crippen molar-refractivity contribution in [3.8, 4) is 0 Å². The third-order valence-corrected chi connectivity index (χ3v) is 4.31. The number of nitrogens with zero attached hydrogens (tertiary/aromatic N) is 2. The summed E-state index contributed by atoms with van der Waals surface area (Å²) < 4.78 is 0. The van der Waals surface area contributed by atoms with Gasteiger partial charge in [0.05, 0.1) is 21.1 Å². The number of halogens is 2. The van der Waals surface area contributed by atoms with Crippen LogP contribution in [0.25, 0.3) is 0 Å². The Morgan fingerprint density at radius 2 is 1.90 bits per heavy atom. The summed E-state index contributed by atoms with van der Waals surface area (Å²) in [7, 11) is 0. The molecule has 20 heavy (non-hydrogen) atoms. The van der Waals surface area contributed by atoms with Crippen LogP contribution in [-0.2, 0) is 10.2 Å². The highest BCUT2D eigenvalue weighted by molar-refractivity contribution is 6.42. The van der Waals surface area contributed by atoms with Crippen LogP contribution in [0, 0.1) is 0 Å². The zero-order valence-corrected chi connectivity index (χ0v) is 12.5. The Morgan fingerprint density at radius 1 is 1.15 bits per heavy atom. The van der Waals surface area contributed by atoms with Gasteiger partial charge in [-0.25, -0.2) is 4.98 Å². The predicted molar refractivity (Wildman–Crippen MR) is 80.9 cm³/mol. The van der Waals surface area contributed by atoms with Crippen molar-refractivity contribution in [1.82, 2.24) is 4.98 Å². The summed E-state index contributed by atoms with van der Waals surface area (Å²) in [5.74, 6) is 0.630. The van der Waals surface area contributed by atoms with Gasteiger partial charge in [0.25, 0.3) is 0 Å². The van der Waals surface area contributed by atoms with Crippen molar-refractivity contribution in [2.24, 2.45) is 0 Å². The monoisotopic (exact) mass is 306 g/mol. The van der Waals surface area contributed by atoms with Gasteiger partial charge in [-0.3, -0.25) is 9.69 Å². The molecule has 1 aliphatic heterocycles. The number of hydrogen-bond donors (Lipinski definition) is 0. The molecule has 102 valence electrons. The molecule has 0 bridgehead atoms. The topological polar surface area (TPSA) is 33.2 Å². The van der Waals surface area contributed by atoms with Crippen LogP contribution in [0.3, 0.4) is 0 Å². The molecule has 0 fully saturated rings. The number of hydrogen-bond acceptors (Lipinski definition) is 2. The van der Waals surface area contributed by atoms with Crippen molar-refractivity contribution >= 4 is 40.6 Å². The average molecular weight is 307 g/mol. The summed E-state index contributed by atoms with van der Waals surface area (Å²) in [6.45, 7) is 3.79. The lowest BCUT2D eigenvalue weighted by Crippen LogP contribution is -2.33. The molecule has 0 N–H and O–H groups in total. The molecule has 5 heteroatoms. The quantitative estimate of drug-likeness (QED) is 0.785. The van der Waals surface area contributed by atoms with E-state index < -0.39 is 5.41 Å². The number of aromatic nitrogens is 1. The fraction of sp³-hybridized carbons (Fsp3) is 0.200. The maximum absolute atomic E-state index is 12.7. The molecule has 0 saturated heterocycles. The first kappa shape index (κ1) is 13.4. The first-order valence-electron chi connectivity index (χ1n) is 6.18. The summed E-state index contributed by atoms with van der Waals surface area (Å²) in [5.41, 5.74) is 0.987. The number of fused-ring (bicyclic) bond motifs is 1. The molecule has 2 heterocycles. The van der Waals surface area contributed by atoms with E-state index in [0.29, 0.717) is 21.6 Å². The van der Waals surface area contributed by atoms with E-state index in [0.717, 1.165) is 5.56 Å². The van der Waals surface area contributed by atoms with Crippen LogP contribution in [0.2, 0.25) is 10.0 Å². The van der Waals surface area contributed by atoms with Gasteiger partial charge in [-0.05, 0) is 38.1 Å². The lowest BCUT2D eigenvalue weighted by atomic mass is 9.87. The maximum atomic E-state index is 12.7. The fourth-order valence-corrected chi connectivity index (χ4v) is 2.71. The third kappa shape index (κ3) is 1.81. The van der Waals surface area contributed by atoms with Crippen molar-refractivity contribution in [2.45, 2.75) is 19.3 Å². The zero-order valence-electron chi connectivity index (χ0n) is 11.0. The Morgan fingerprint density at radius 3 is 2.60 bits per heavy atom. The van der Waals surface area contributed by atoms with Crippen molar-refractivity contribution in [3.63, 3.8) is 0 Å². The minimum absolute atomic E-state index is 0.0235. The van der Waals surface area contributed by atoms with Crippen molar-refractivity contribution in [1.29, 1.82) is 0 Å². The van der Waals surface area contributed by atoms with E-state index in [9.17, 15) is 4.79 Å². The molecule has 1 aliphatic rings. The molecule has 0 saturated carbocycles. The summed E-state index contributed by atoms with van der Waals surface area (Å²) in [4.78, 5) is 18.6. The van der Waals surface area contributed by atoms with Gasteiger partial charge in [0, 0.05) is 11.8 Å². The van der Waals surface area contributed by atoms with Crippen LogP contribution in [0.4, 0.5) is 11.5 Å². The third-order valence-electron chi connectivity index (χ3n) is 3.57. The molecule has 0 aliphatic carbocycles. The zero-order chi connectivity index (χ0) is 14.5. The number of amides is 1. The van der Waals surface area contributed by atoms with Crippen molar-refractivity contribution in [2.75, 3.05) is 4.90 Å². The van der Waals surface area contributed by atoms with Crippen LogP contribution >= 0.6 is 23.2 Å². The van der Waals surface area contributed by atoms with Crippen LogP contribution in [0.15, 0.2) is 36.5 Å². The van der Waals surface area contributed by atoms with E-state index in [-0.39, 0.29) is 5.91 Å². The molecule has 2 aromatic rings. The van der Waals surface area contributed by atoms with Gasteiger partial charge in [-0.1, -0.05) is 29.3 Å². The lowest BCUT2D eigenvalue weighted by molar-refractivity contribution is -0.121. The highest BCUT2D eigenvalue weighted by Crippen LogP contribution is 2.44. The molecule has 3 rings (SSSR count). The second-order valence-electron chi connectivity index (χ2n) is 5.24. The van der Waals surface area contributed by atoms with Gasteiger partial charge < -0.3 is 0 Å². The molecule has 0 spiro atoms. The first-order valence-corrected chi connectivity index (χ1v) is 6.93. The summed E-state index contributed by atoms with van der Waals surface area (Å²) in [6.07, 6.45) is 1.68. The maximum Gasteiger partial charge on any atom is 0.242 e. The minimum Gasteiger partial charge on any atom is -0.273 e. The number of carbonyl (C=O) groups is 1. The SMILES string of the molecule is CC1(C)C(=O)N(c2ccc(Cl)c(Cl)c2)c2ncccc21. The predicted octanol–water partition coefficient (Wildman–Crippen LogP) is 4.34. The van der Waals surface area contributed by atoms with Crippen LogP contribution in [0.1, 0.15) is 19.4 Å². The van der Waals surface area contributed by atoms with Gasteiger partial charge in [0.2, 0.25) is 5.91 Å². The van der Waals surface area contributed by atoms with E-state index in [1.165, 1.54) is 0 Å². The molecule has 3 nitrogen and oxygen atoms in total. The Balaban J connectivity index is 2.20. The molecular formula is C15H12Cl2N2O. The number of anilines is 2. The fourth-order valence-electron chi connectivity index (χ4n) is 2.42. The highest BCUT2D eigenvalue weighted by Gasteiger charge is 2.45. The molecular weight excluding hydrogens is 295 g/mol. The molecule has 1 aromatic heterocycles. The molecule has 1 aromatic carbocycles.